The molecule has 0 bridgehead atoms. The van der Waals surface area contributed by atoms with E-state index >= 15 is 0 Å². The fourth-order valence-electron chi connectivity index (χ4n) is 1.69. The third-order valence-electron chi connectivity index (χ3n) is 2.46. The van der Waals surface area contributed by atoms with Gasteiger partial charge in [0.25, 0.3) is 0 Å². The van der Waals surface area contributed by atoms with Crippen LogP contribution < -0.4 is 14.4 Å². The molecule has 0 aliphatic carbocycles. The molecule has 0 radical (unpaired) electrons. The minimum atomic E-state index is 0.0500. The van der Waals surface area contributed by atoms with Crippen LogP contribution in [0, 0.1) is 0 Å². The molecule has 0 fully saturated rings. The number of aliphatic hydroxyl groups is 2. The van der Waals surface area contributed by atoms with Gasteiger partial charge in [0.15, 0.2) is 11.5 Å². The maximum atomic E-state index is 8.94. The first-order chi connectivity index (χ1) is 7.85. The highest BCUT2D eigenvalue weighted by Crippen LogP contribution is 2.35. The lowest BCUT2D eigenvalue weighted by atomic mass is 10.2. The zero-order chi connectivity index (χ0) is 11.4. The Morgan fingerprint density at radius 2 is 1.75 bits per heavy atom. The number of aliphatic hydroxyl groups excluding tert-OH is 2. The van der Waals surface area contributed by atoms with Crippen molar-refractivity contribution in [2.75, 3.05) is 38.0 Å². The second kappa shape index (κ2) is 5.05. The van der Waals surface area contributed by atoms with Crippen molar-refractivity contribution in [2.24, 2.45) is 0 Å². The summed E-state index contributed by atoms with van der Waals surface area (Å²) in [5.74, 6) is 1.44. The molecular weight excluding hydrogens is 210 g/mol. The predicted molar refractivity (Wildman–Crippen MR) is 58.9 cm³/mol. The molecule has 0 saturated carbocycles. The van der Waals surface area contributed by atoms with Gasteiger partial charge in [0.05, 0.1) is 13.2 Å². The summed E-state index contributed by atoms with van der Waals surface area (Å²) in [6.45, 7) is 1.32. The van der Waals surface area contributed by atoms with Crippen LogP contribution in [-0.4, -0.2) is 43.3 Å². The summed E-state index contributed by atoms with van der Waals surface area (Å²) in [6.07, 6.45) is 0. The lowest BCUT2D eigenvalue weighted by Gasteiger charge is -2.22. The van der Waals surface area contributed by atoms with E-state index in [2.05, 4.69) is 0 Å². The largest absolute Gasteiger partial charge is 0.454 e. The third kappa shape index (κ3) is 2.20. The average Bonchev–Trinajstić information content (AvgIpc) is 2.75. The smallest absolute Gasteiger partial charge is 0.231 e. The lowest BCUT2D eigenvalue weighted by Crippen LogP contribution is -2.29. The molecule has 0 spiro atoms. The molecule has 88 valence electrons. The Morgan fingerprint density at radius 3 is 2.44 bits per heavy atom. The van der Waals surface area contributed by atoms with Crippen LogP contribution in [0.2, 0.25) is 0 Å². The van der Waals surface area contributed by atoms with Gasteiger partial charge in [-0.15, -0.1) is 0 Å². The quantitative estimate of drug-likeness (QED) is 0.750. The molecule has 1 aromatic carbocycles. The molecule has 1 aliphatic rings. The van der Waals surface area contributed by atoms with Crippen LogP contribution >= 0.6 is 0 Å². The van der Waals surface area contributed by atoms with Gasteiger partial charge in [0.2, 0.25) is 6.79 Å². The molecule has 1 aromatic rings. The second-order valence-electron chi connectivity index (χ2n) is 3.47. The number of anilines is 1. The molecular formula is C11H15NO4. The number of hydrogen-bond acceptors (Lipinski definition) is 5. The summed E-state index contributed by atoms with van der Waals surface area (Å²) in [6, 6.07) is 5.58. The predicted octanol–water partition coefficient (Wildman–Crippen LogP) is 0.206. The minimum absolute atomic E-state index is 0.0500. The first kappa shape index (κ1) is 11.0. The first-order valence-corrected chi connectivity index (χ1v) is 5.21. The molecule has 0 aromatic heterocycles. The Balaban J connectivity index is 2.17. The van der Waals surface area contributed by atoms with Gasteiger partial charge >= 0.3 is 0 Å². The molecule has 2 N–H and O–H groups in total. The molecule has 0 amide bonds. The van der Waals surface area contributed by atoms with Crippen molar-refractivity contribution in [1.29, 1.82) is 0 Å². The fourth-order valence-corrected chi connectivity index (χ4v) is 1.69. The van der Waals surface area contributed by atoms with Crippen LogP contribution in [0.4, 0.5) is 5.69 Å². The Morgan fingerprint density at radius 1 is 1.06 bits per heavy atom. The van der Waals surface area contributed by atoms with Gasteiger partial charge in [0, 0.05) is 24.8 Å². The van der Waals surface area contributed by atoms with Crippen LogP contribution in [0.25, 0.3) is 0 Å². The van der Waals surface area contributed by atoms with Crippen molar-refractivity contribution >= 4 is 5.69 Å². The van der Waals surface area contributed by atoms with Gasteiger partial charge in [-0.2, -0.15) is 0 Å². The van der Waals surface area contributed by atoms with Gasteiger partial charge < -0.3 is 24.6 Å². The van der Waals surface area contributed by atoms with Crippen molar-refractivity contribution in [1.82, 2.24) is 0 Å². The molecule has 0 saturated heterocycles. The van der Waals surface area contributed by atoms with E-state index in [0.29, 0.717) is 18.8 Å². The van der Waals surface area contributed by atoms with E-state index in [1.165, 1.54) is 0 Å². The van der Waals surface area contributed by atoms with Gasteiger partial charge in [0.1, 0.15) is 0 Å². The van der Waals surface area contributed by atoms with Crippen molar-refractivity contribution in [3.63, 3.8) is 0 Å². The number of hydrogen-bond donors (Lipinski definition) is 2. The molecule has 2 rings (SSSR count). The van der Waals surface area contributed by atoms with Crippen LogP contribution in [-0.2, 0) is 0 Å². The Kier molecular flexibility index (Phi) is 3.48. The topological polar surface area (TPSA) is 62.2 Å². The summed E-state index contributed by atoms with van der Waals surface area (Å²) in [7, 11) is 0. The first-order valence-electron chi connectivity index (χ1n) is 5.21. The number of ether oxygens (including phenoxy) is 2. The number of rotatable bonds is 5. The van der Waals surface area contributed by atoms with Gasteiger partial charge in [-0.25, -0.2) is 0 Å². The highest BCUT2D eigenvalue weighted by molar-refractivity contribution is 5.57. The lowest BCUT2D eigenvalue weighted by molar-refractivity contribution is 0.174. The van der Waals surface area contributed by atoms with E-state index in [4.69, 9.17) is 19.7 Å². The number of fused-ring (bicyclic) bond motifs is 1. The number of benzene rings is 1. The van der Waals surface area contributed by atoms with Crippen LogP contribution in [0.5, 0.6) is 11.5 Å². The average molecular weight is 225 g/mol. The number of nitrogens with zero attached hydrogens (tertiary/aromatic N) is 1. The molecule has 5 heteroatoms. The highest BCUT2D eigenvalue weighted by Gasteiger charge is 2.15. The van der Waals surface area contributed by atoms with Crippen molar-refractivity contribution in [3.8, 4) is 11.5 Å². The third-order valence-corrected chi connectivity index (χ3v) is 2.46. The van der Waals surface area contributed by atoms with E-state index < -0.39 is 0 Å². The molecule has 0 unspecified atom stereocenters. The maximum absolute atomic E-state index is 8.94. The van der Waals surface area contributed by atoms with Gasteiger partial charge in [-0.3, -0.25) is 0 Å². The van der Waals surface area contributed by atoms with Crippen molar-refractivity contribution < 1.29 is 19.7 Å². The van der Waals surface area contributed by atoms with E-state index in [0.717, 1.165) is 11.4 Å². The monoisotopic (exact) mass is 225 g/mol. The van der Waals surface area contributed by atoms with Crippen molar-refractivity contribution in [3.05, 3.63) is 18.2 Å². The summed E-state index contributed by atoms with van der Waals surface area (Å²) in [5.41, 5.74) is 0.910. The van der Waals surface area contributed by atoms with Gasteiger partial charge in [-0.05, 0) is 12.1 Å². The van der Waals surface area contributed by atoms with Crippen molar-refractivity contribution in [2.45, 2.75) is 0 Å². The summed E-state index contributed by atoms with van der Waals surface area (Å²) in [4.78, 5) is 1.89. The highest BCUT2D eigenvalue weighted by atomic mass is 16.7. The fraction of sp³-hybridized carbons (Fsp3) is 0.455. The summed E-state index contributed by atoms with van der Waals surface area (Å²) in [5, 5.41) is 17.9. The molecule has 1 heterocycles. The molecule has 16 heavy (non-hydrogen) atoms. The maximum Gasteiger partial charge on any atom is 0.231 e. The van der Waals surface area contributed by atoms with Gasteiger partial charge in [-0.1, -0.05) is 0 Å². The van der Waals surface area contributed by atoms with E-state index in [9.17, 15) is 0 Å². The molecule has 1 aliphatic heterocycles. The Hall–Kier alpha value is -1.46. The molecule has 0 atom stereocenters. The van der Waals surface area contributed by atoms with E-state index in [-0.39, 0.29) is 20.0 Å². The van der Waals surface area contributed by atoms with E-state index in [1.807, 2.05) is 23.1 Å². The Bertz CT molecular complexity index is 350. The molecule has 5 nitrogen and oxygen atoms in total. The second-order valence-corrected chi connectivity index (χ2v) is 3.47. The zero-order valence-corrected chi connectivity index (χ0v) is 8.93. The SMILES string of the molecule is OCCN(CCO)c1ccc2c(c1)OCO2. The van der Waals surface area contributed by atoms with E-state index in [1.54, 1.807) is 0 Å². The standard InChI is InChI=1S/C11H15NO4/c13-5-3-12(4-6-14)9-1-2-10-11(7-9)16-8-15-10/h1-2,7,13-14H,3-6,8H2. The zero-order valence-electron chi connectivity index (χ0n) is 8.93. The normalized spacial score (nSPS) is 12.9. The van der Waals surface area contributed by atoms with Crippen LogP contribution in [0.3, 0.4) is 0 Å². The summed E-state index contributed by atoms with van der Waals surface area (Å²) < 4.78 is 10.5. The minimum Gasteiger partial charge on any atom is -0.454 e. The Labute approximate surface area is 93.8 Å². The van der Waals surface area contributed by atoms with Crippen LogP contribution in [0.1, 0.15) is 0 Å². The van der Waals surface area contributed by atoms with Crippen LogP contribution in [0.15, 0.2) is 18.2 Å². The summed E-state index contributed by atoms with van der Waals surface area (Å²) >= 11 is 0.